The summed E-state index contributed by atoms with van der Waals surface area (Å²) >= 11 is 0. The van der Waals surface area contributed by atoms with E-state index in [2.05, 4.69) is 34.6 Å². The van der Waals surface area contributed by atoms with E-state index in [0.717, 1.165) is 31.2 Å². The maximum atomic E-state index is 12.8. The first-order chi connectivity index (χ1) is 7.50. The minimum atomic E-state index is 0.267. The van der Waals surface area contributed by atoms with Crippen LogP contribution in [-0.2, 0) is 0 Å². The molecule has 0 fully saturated rings. The molecule has 0 aromatic rings. The van der Waals surface area contributed by atoms with Crippen LogP contribution < -0.4 is 0 Å². The predicted octanol–water partition coefficient (Wildman–Crippen LogP) is 5.88. The summed E-state index contributed by atoms with van der Waals surface area (Å²) in [7, 11) is 0. The molecule has 0 rings (SSSR count). The Morgan fingerprint density at radius 3 is 2.25 bits per heavy atom. The predicted molar refractivity (Wildman–Crippen MR) is 71.2 cm³/mol. The Balaban J connectivity index is 4.52. The smallest absolute Gasteiger partial charge is 0.0859 e. The van der Waals surface area contributed by atoms with Crippen LogP contribution in [0.2, 0.25) is 0 Å². The second-order valence-corrected chi connectivity index (χ2v) is 5.61. The van der Waals surface area contributed by atoms with Gasteiger partial charge in [0.1, 0.15) is 0 Å². The van der Waals surface area contributed by atoms with Gasteiger partial charge in [-0.3, -0.25) is 0 Å². The monoisotopic (exact) mass is 228 g/mol. The summed E-state index contributed by atoms with van der Waals surface area (Å²) in [4.78, 5) is 0. The number of unbranched alkanes of at least 4 members (excludes halogenated alkanes) is 1. The minimum Gasteiger partial charge on any atom is -0.216 e. The van der Waals surface area contributed by atoms with Gasteiger partial charge in [-0.15, -0.1) is 0 Å². The second-order valence-electron chi connectivity index (χ2n) is 5.61. The van der Waals surface area contributed by atoms with Gasteiger partial charge >= 0.3 is 0 Å². The molecule has 0 saturated carbocycles. The Kier molecular flexibility index (Phi) is 7.70. The molecule has 0 aromatic carbocycles. The fourth-order valence-corrected chi connectivity index (χ4v) is 2.18. The highest BCUT2D eigenvalue weighted by atomic mass is 19.1. The van der Waals surface area contributed by atoms with E-state index < -0.39 is 0 Å². The number of hydrogen-bond acceptors (Lipinski definition) is 0. The van der Waals surface area contributed by atoms with Crippen molar-refractivity contribution in [1.82, 2.24) is 0 Å². The van der Waals surface area contributed by atoms with Gasteiger partial charge in [0, 0.05) is 0 Å². The summed E-state index contributed by atoms with van der Waals surface area (Å²) in [6.45, 7) is 11.2. The third kappa shape index (κ3) is 5.14. The van der Waals surface area contributed by atoms with Crippen molar-refractivity contribution in [3.8, 4) is 0 Å². The first kappa shape index (κ1) is 15.7. The lowest BCUT2D eigenvalue weighted by molar-refractivity contribution is 0.189. The molecule has 1 unspecified atom stereocenters. The number of rotatable bonds is 8. The molecule has 0 bridgehead atoms. The molecule has 96 valence electrons. The van der Waals surface area contributed by atoms with Gasteiger partial charge in [-0.1, -0.05) is 53.9 Å². The van der Waals surface area contributed by atoms with Crippen LogP contribution in [-0.4, -0.2) is 0 Å². The van der Waals surface area contributed by atoms with Crippen LogP contribution >= 0.6 is 0 Å². The third-order valence-electron chi connectivity index (χ3n) is 3.85. The van der Waals surface area contributed by atoms with Crippen LogP contribution in [0.5, 0.6) is 0 Å². The lowest BCUT2D eigenvalue weighted by Gasteiger charge is -2.35. The van der Waals surface area contributed by atoms with Crippen LogP contribution in [0.25, 0.3) is 0 Å². The highest BCUT2D eigenvalue weighted by Crippen LogP contribution is 2.39. The molecule has 16 heavy (non-hydrogen) atoms. The third-order valence-corrected chi connectivity index (χ3v) is 3.85. The standard InChI is InChI=1S/C15H29F/c1-6-8-10-15(5,13(3)4)11-14(12-16)9-7-2/h12-13H,6-11H2,1-5H3/b14-12+. The van der Waals surface area contributed by atoms with E-state index in [1.54, 1.807) is 0 Å². The van der Waals surface area contributed by atoms with E-state index >= 15 is 0 Å². The molecule has 0 saturated heterocycles. The fraction of sp³-hybridized carbons (Fsp3) is 0.867. The quantitative estimate of drug-likeness (QED) is 0.486. The molecule has 0 N–H and O–H groups in total. The van der Waals surface area contributed by atoms with Gasteiger partial charge in [0.2, 0.25) is 0 Å². The van der Waals surface area contributed by atoms with Crippen molar-refractivity contribution < 1.29 is 4.39 Å². The first-order valence-corrected chi connectivity index (χ1v) is 6.78. The maximum Gasteiger partial charge on any atom is 0.0859 e. The van der Waals surface area contributed by atoms with Crippen molar-refractivity contribution in [2.24, 2.45) is 11.3 Å². The lowest BCUT2D eigenvalue weighted by atomic mass is 9.70. The molecule has 0 nitrogen and oxygen atoms in total. The van der Waals surface area contributed by atoms with Crippen LogP contribution in [0, 0.1) is 11.3 Å². The van der Waals surface area contributed by atoms with Crippen LogP contribution in [0.1, 0.15) is 73.1 Å². The van der Waals surface area contributed by atoms with E-state index in [4.69, 9.17) is 0 Å². The van der Waals surface area contributed by atoms with E-state index in [0.29, 0.717) is 5.92 Å². The van der Waals surface area contributed by atoms with Crippen molar-refractivity contribution in [1.29, 1.82) is 0 Å². The average molecular weight is 228 g/mol. The fourth-order valence-electron chi connectivity index (χ4n) is 2.18. The van der Waals surface area contributed by atoms with Gasteiger partial charge < -0.3 is 0 Å². The summed E-state index contributed by atoms with van der Waals surface area (Å²) in [5, 5.41) is 0. The van der Waals surface area contributed by atoms with Gasteiger partial charge in [0.25, 0.3) is 0 Å². The highest BCUT2D eigenvalue weighted by Gasteiger charge is 2.28. The normalized spacial score (nSPS) is 16.6. The minimum absolute atomic E-state index is 0.267. The van der Waals surface area contributed by atoms with E-state index in [1.807, 2.05) is 0 Å². The van der Waals surface area contributed by atoms with E-state index in [9.17, 15) is 4.39 Å². The molecular formula is C15H29F. The average Bonchev–Trinajstić information content (AvgIpc) is 2.25. The van der Waals surface area contributed by atoms with Crippen molar-refractivity contribution >= 4 is 0 Å². The maximum absolute atomic E-state index is 12.8. The van der Waals surface area contributed by atoms with Gasteiger partial charge in [-0.05, 0) is 36.2 Å². The van der Waals surface area contributed by atoms with Crippen molar-refractivity contribution in [3.05, 3.63) is 11.9 Å². The lowest BCUT2D eigenvalue weighted by Crippen LogP contribution is -2.24. The first-order valence-electron chi connectivity index (χ1n) is 6.78. The Morgan fingerprint density at radius 2 is 1.88 bits per heavy atom. The molecular weight excluding hydrogens is 199 g/mol. The second kappa shape index (κ2) is 7.86. The van der Waals surface area contributed by atoms with E-state index in [1.165, 1.54) is 19.3 Å². The highest BCUT2D eigenvalue weighted by molar-refractivity contribution is 5.02. The van der Waals surface area contributed by atoms with Crippen LogP contribution in [0.15, 0.2) is 11.9 Å². The molecule has 0 amide bonds. The van der Waals surface area contributed by atoms with Crippen molar-refractivity contribution in [2.45, 2.75) is 73.1 Å². The largest absolute Gasteiger partial charge is 0.216 e. The number of allylic oxidation sites excluding steroid dienone is 1. The molecule has 0 radical (unpaired) electrons. The zero-order valence-corrected chi connectivity index (χ0v) is 11.8. The van der Waals surface area contributed by atoms with Gasteiger partial charge in [-0.2, -0.15) is 0 Å². The summed E-state index contributed by atoms with van der Waals surface area (Å²) in [5.74, 6) is 0.617. The zero-order chi connectivity index (χ0) is 12.6. The summed E-state index contributed by atoms with van der Waals surface area (Å²) in [6.07, 6.45) is 7.40. The summed E-state index contributed by atoms with van der Waals surface area (Å²) in [5.41, 5.74) is 1.26. The topological polar surface area (TPSA) is 0 Å². The molecule has 0 aliphatic carbocycles. The van der Waals surface area contributed by atoms with E-state index in [-0.39, 0.29) is 5.41 Å². The Hall–Kier alpha value is -0.330. The van der Waals surface area contributed by atoms with Crippen molar-refractivity contribution in [2.75, 3.05) is 0 Å². The van der Waals surface area contributed by atoms with Gasteiger partial charge in [-0.25, -0.2) is 4.39 Å². The van der Waals surface area contributed by atoms with Crippen LogP contribution in [0.3, 0.4) is 0 Å². The van der Waals surface area contributed by atoms with Crippen molar-refractivity contribution in [3.63, 3.8) is 0 Å². The Morgan fingerprint density at radius 1 is 1.25 bits per heavy atom. The molecule has 1 heteroatoms. The molecule has 0 aliphatic rings. The molecule has 1 atom stereocenters. The number of hydrogen-bond donors (Lipinski definition) is 0. The van der Waals surface area contributed by atoms with Gasteiger partial charge in [0.05, 0.1) is 6.33 Å². The number of halogens is 1. The molecule has 0 aliphatic heterocycles. The molecule has 0 spiro atoms. The Labute approximate surface area is 101 Å². The van der Waals surface area contributed by atoms with Crippen LogP contribution in [0.4, 0.5) is 4.39 Å². The Bertz CT molecular complexity index is 205. The molecule has 0 heterocycles. The summed E-state index contributed by atoms with van der Waals surface area (Å²) < 4.78 is 12.8. The summed E-state index contributed by atoms with van der Waals surface area (Å²) in [6, 6.07) is 0. The molecule has 0 aromatic heterocycles. The SMILES string of the molecule is CCCCC(C)(C/C(=C/F)CCC)C(C)C. The zero-order valence-electron chi connectivity index (χ0n) is 11.8. The van der Waals surface area contributed by atoms with Gasteiger partial charge in [0.15, 0.2) is 0 Å².